The maximum atomic E-state index is 13.1. The van der Waals surface area contributed by atoms with Gasteiger partial charge in [0, 0.05) is 29.2 Å². The Morgan fingerprint density at radius 1 is 0.844 bits per heavy atom. The number of nitrogens with zero attached hydrogens (tertiary/aromatic N) is 5. The molecule has 5 rings (SSSR count). The average Bonchev–Trinajstić information content (AvgIpc) is 3.23. The molecule has 0 aliphatic heterocycles. The highest BCUT2D eigenvalue weighted by atomic mass is 32.2. The minimum Gasteiger partial charge on any atom is -0.280 e. The molecule has 3 heterocycles. The minimum absolute atomic E-state index is 0.0226. The van der Waals surface area contributed by atoms with Gasteiger partial charge in [0.2, 0.25) is 0 Å². The first-order chi connectivity index (χ1) is 15.5. The summed E-state index contributed by atoms with van der Waals surface area (Å²) in [6.07, 6.45) is 3.37. The fourth-order valence-corrected chi connectivity index (χ4v) is 4.21. The average molecular weight is 446 g/mol. The van der Waals surface area contributed by atoms with Crippen molar-refractivity contribution < 1.29 is 12.8 Å². The molecule has 0 unspecified atom stereocenters. The van der Waals surface area contributed by atoms with Gasteiger partial charge < -0.3 is 0 Å². The number of anilines is 1. The van der Waals surface area contributed by atoms with Crippen molar-refractivity contribution in [2.45, 2.75) is 4.90 Å². The lowest BCUT2D eigenvalue weighted by Crippen LogP contribution is -2.12. The first-order valence-corrected chi connectivity index (χ1v) is 11.0. The normalized spacial score (nSPS) is 11.5. The molecule has 10 heteroatoms. The van der Waals surface area contributed by atoms with E-state index in [0.717, 1.165) is 23.3 Å². The number of pyridine rings is 1. The van der Waals surface area contributed by atoms with Crippen LogP contribution in [0.1, 0.15) is 0 Å². The molecule has 0 fully saturated rings. The first kappa shape index (κ1) is 19.8. The Kier molecular flexibility index (Phi) is 4.83. The van der Waals surface area contributed by atoms with Crippen LogP contribution in [-0.2, 0) is 10.0 Å². The van der Waals surface area contributed by atoms with Gasteiger partial charge in [-0.15, -0.1) is 10.2 Å². The predicted molar refractivity (Wildman–Crippen MR) is 117 cm³/mol. The van der Waals surface area contributed by atoms with Crippen LogP contribution in [0, 0.1) is 5.82 Å². The minimum atomic E-state index is -3.82. The molecule has 0 aliphatic rings. The molecular formula is C22H15FN6O2S. The van der Waals surface area contributed by atoms with E-state index in [1.165, 1.54) is 12.1 Å². The van der Waals surface area contributed by atoms with Crippen LogP contribution in [-0.4, -0.2) is 33.2 Å². The van der Waals surface area contributed by atoms with Crippen molar-refractivity contribution in [1.29, 1.82) is 0 Å². The largest absolute Gasteiger partial charge is 0.280 e. The molecule has 0 radical (unpaired) electrons. The zero-order chi connectivity index (χ0) is 22.1. The second kappa shape index (κ2) is 7.82. The zero-order valence-corrected chi connectivity index (χ0v) is 17.2. The number of rotatable bonds is 5. The summed E-state index contributed by atoms with van der Waals surface area (Å²) in [5.41, 5.74) is 3.20. The van der Waals surface area contributed by atoms with Crippen LogP contribution in [0.5, 0.6) is 0 Å². The first-order valence-electron chi connectivity index (χ1n) is 9.51. The van der Waals surface area contributed by atoms with Gasteiger partial charge in [-0.25, -0.2) is 12.8 Å². The Morgan fingerprint density at radius 3 is 2.34 bits per heavy atom. The van der Waals surface area contributed by atoms with Crippen LogP contribution in [0.3, 0.4) is 0 Å². The third kappa shape index (κ3) is 3.79. The van der Waals surface area contributed by atoms with Crippen molar-refractivity contribution in [2.75, 3.05) is 4.72 Å². The molecule has 8 nitrogen and oxygen atoms in total. The molecule has 5 aromatic rings. The summed E-state index contributed by atoms with van der Waals surface area (Å²) in [5.74, 6) is 0.0659. The molecular weight excluding hydrogens is 431 g/mol. The second-order valence-electron chi connectivity index (χ2n) is 6.89. The molecule has 0 aliphatic carbocycles. The summed E-state index contributed by atoms with van der Waals surface area (Å²) in [6.45, 7) is 0. The molecule has 2 aromatic carbocycles. The van der Waals surface area contributed by atoms with E-state index in [2.05, 4.69) is 25.0 Å². The van der Waals surface area contributed by atoms with E-state index in [-0.39, 0.29) is 4.90 Å². The number of fused-ring (bicyclic) bond motifs is 1. The fourth-order valence-electron chi connectivity index (χ4n) is 3.15. The zero-order valence-electron chi connectivity index (χ0n) is 16.4. The number of benzene rings is 2. The van der Waals surface area contributed by atoms with Crippen molar-refractivity contribution in [3.63, 3.8) is 0 Å². The molecule has 0 atom stereocenters. The van der Waals surface area contributed by atoms with E-state index in [0.29, 0.717) is 22.9 Å². The van der Waals surface area contributed by atoms with Crippen molar-refractivity contribution in [2.24, 2.45) is 0 Å². The van der Waals surface area contributed by atoms with Gasteiger partial charge in [0.1, 0.15) is 5.82 Å². The van der Waals surface area contributed by atoms with E-state index >= 15 is 0 Å². The highest BCUT2D eigenvalue weighted by Gasteiger charge is 2.15. The number of hydrogen-bond acceptors (Lipinski definition) is 6. The monoisotopic (exact) mass is 446 g/mol. The van der Waals surface area contributed by atoms with Gasteiger partial charge in [-0.05, 0) is 60.7 Å². The number of hydrogen-bond donors (Lipinski definition) is 1. The van der Waals surface area contributed by atoms with Crippen molar-refractivity contribution in [1.82, 2.24) is 24.8 Å². The van der Waals surface area contributed by atoms with Crippen LogP contribution in [0.4, 0.5) is 10.1 Å². The summed E-state index contributed by atoms with van der Waals surface area (Å²) in [5, 5.41) is 13.0. The summed E-state index contributed by atoms with van der Waals surface area (Å²) >= 11 is 0. The smallest absolute Gasteiger partial charge is 0.261 e. The number of aromatic nitrogens is 5. The number of nitrogens with one attached hydrogen (secondary N) is 1. The Balaban J connectivity index is 1.43. The topological polar surface area (TPSA) is 102 Å². The van der Waals surface area contributed by atoms with Crippen LogP contribution >= 0.6 is 0 Å². The third-order valence-electron chi connectivity index (χ3n) is 4.74. The molecule has 32 heavy (non-hydrogen) atoms. The number of sulfonamides is 1. The fraction of sp³-hybridized carbons (Fsp3) is 0. The van der Waals surface area contributed by atoms with Gasteiger partial charge in [-0.3, -0.25) is 9.71 Å². The maximum absolute atomic E-state index is 13.1. The summed E-state index contributed by atoms with van der Waals surface area (Å²) in [7, 11) is -3.82. The van der Waals surface area contributed by atoms with Gasteiger partial charge in [0.15, 0.2) is 11.5 Å². The van der Waals surface area contributed by atoms with E-state index < -0.39 is 15.8 Å². The second-order valence-corrected chi connectivity index (χ2v) is 8.57. The van der Waals surface area contributed by atoms with Gasteiger partial charge in [-0.1, -0.05) is 12.1 Å². The van der Waals surface area contributed by atoms with Crippen LogP contribution < -0.4 is 4.72 Å². The third-order valence-corrected chi connectivity index (χ3v) is 6.14. The molecule has 0 bridgehead atoms. The molecule has 0 spiro atoms. The maximum Gasteiger partial charge on any atom is 0.261 e. The summed E-state index contributed by atoms with van der Waals surface area (Å²) in [6, 6.07) is 18.7. The quantitative estimate of drug-likeness (QED) is 0.441. The van der Waals surface area contributed by atoms with Crippen molar-refractivity contribution in [3.05, 3.63) is 91.0 Å². The molecule has 0 amide bonds. The van der Waals surface area contributed by atoms with Crippen LogP contribution in [0.15, 0.2) is 90.1 Å². The lowest BCUT2D eigenvalue weighted by atomic mass is 10.1. The van der Waals surface area contributed by atoms with Gasteiger partial charge in [0.25, 0.3) is 10.0 Å². The Bertz CT molecular complexity index is 1500. The van der Waals surface area contributed by atoms with E-state index in [9.17, 15) is 12.8 Å². The predicted octanol–water partition coefficient (Wildman–Crippen LogP) is 3.79. The standard InChI is InChI=1S/C22H15FN6O2S/c23-17-5-9-19(10-6-17)32(30,31)28-18-7-3-15(4-8-18)20-11-12-21-25-26-22(29(21)27-20)16-2-1-13-24-14-16/h1-14,28H. The Morgan fingerprint density at radius 2 is 1.62 bits per heavy atom. The highest BCUT2D eigenvalue weighted by Crippen LogP contribution is 2.23. The van der Waals surface area contributed by atoms with E-state index in [1.54, 1.807) is 47.2 Å². The highest BCUT2D eigenvalue weighted by molar-refractivity contribution is 7.92. The molecule has 1 N–H and O–H groups in total. The van der Waals surface area contributed by atoms with Gasteiger partial charge in [-0.2, -0.15) is 9.61 Å². The van der Waals surface area contributed by atoms with Crippen molar-refractivity contribution >= 4 is 21.4 Å². The molecule has 158 valence electrons. The lowest BCUT2D eigenvalue weighted by Gasteiger charge is -2.09. The molecule has 0 saturated carbocycles. The summed E-state index contributed by atoms with van der Waals surface area (Å²) in [4.78, 5) is 4.09. The van der Waals surface area contributed by atoms with E-state index in [4.69, 9.17) is 0 Å². The van der Waals surface area contributed by atoms with E-state index in [1.807, 2.05) is 18.2 Å². The summed E-state index contributed by atoms with van der Waals surface area (Å²) < 4.78 is 42.2. The van der Waals surface area contributed by atoms with Gasteiger partial charge >= 0.3 is 0 Å². The molecule has 0 saturated heterocycles. The Hall–Kier alpha value is -4.18. The van der Waals surface area contributed by atoms with Crippen LogP contribution in [0.25, 0.3) is 28.3 Å². The molecule has 3 aromatic heterocycles. The number of halogens is 1. The van der Waals surface area contributed by atoms with Crippen LogP contribution in [0.2, 0.25) is 0 Å². The Labute approximate surface area is 182 Å². The van der Waals surface area contributed by atoms with Crippen molar-refractivity contribution in [3.8, 4) is 22.6 Å². The van der Waals surface area contributed by atoms with Gasteiger partial charge in [0.05, 0.1) is 10.6 Å². The lowest BCUT2D eigenvalue weighted by molar-refractivity contribution is 0.599. The SMILES string of the molecule is O=S(=O)(Nc1ccc(-c2ccc3nnc(-c4cccnc4)n3n2)cc1)c1ccc(F)cc1.